The summed E-state index contributed by atoms with van der Waals surface area (Å²) in [6.07, 6.45) is 0. The number of rotatable bonds is 2. The van der Waals surface area contributed by atoms with E-state index in [1.807, 2.05) is 0 Å². The molecule has 0 amide bonds. The van der Waals surface area contributed by atoms with E-state index in [2.05, 4.69) is 0 Å². The van der Waals surface area contributed by atoms with Crippen molar-refractivity contribution in [3.63, 3.8) is 0 Å². The molecule has 0 unspecified atom stereocenters. The predicted molar refractivity (Wildman–Crippen MR) is 43.7 cm³/mol. The molecule has 0 atom stereocenters. The van der Waals surface area contributed by atoms with Crippen molar-refractivity contribution in [1.82, 2.24) is 5.14 Å². The van der Waals surface area contributed by atoms with Gasteiger partial charge in [-0.1, -0.05) is 0 Å². The van der Waals surface area contributed by atoms with Crippen LogP contribution in [0.4, 0.5) is 0 Å². The Hall–Kier alpha value is -1.40. The van der Waals surface area contributed by atoms with Crippen LogP contribution in [-0.4, -0.2) is 19.5 Å². The third-order valence-electron chi connectivity index (χ3n) is 1.41. The molecule has 5 nitrogen and oxygen atoms in total. The number of aromatic carboxylic acids is 1. The first kappa shape index (κ1) is 9.69. The Morgan fingerprint density at radius 1 is 1.23 bits per heavy atom. The summed E-state index contributed by atoms with van der Waals surface area (Å²) in [5, 5.41) is 15.2. The number of hydrogen-bond acceptors (Lipinski definition) is 3. The SMILES string of the molecule is [NH]S(=O)(=O)c1ccc(C(=O)O)cc1. The summed E-state index contributed by atoms with van der Waals surface area (Å²) < 4.78 is 21.3. The van der Waals surface area contributed by atoms with Crippen LogP contribution in [0.1, 0.15) is 10.4 Å². The number of carboxylic acid groups (broad SMARTS) is 1. The molecule has 13 heavy (non-hydrogen) atoms. The Labute approximate surface area is 74.9 Å². The summed E-state index contributed by atoms with van der Waals surface area (Å²) in [7, 11) is -3.99. The van der Waals surface area contributed by atoms with E-state index < -0.39 is 16.0 Å². The third-order valence-corrected chi connectivity index (χ3v) is 2.30. The molecule has 0 saturated carbocycles. The smallest absolute Gasteiger partial charge is 0.335 e. The summed E-state index contributed by atoms with van der Waals surface area (Å²) in [5.41, 5.74) is -0.00704. The number of sulfonamides is 1. The van der Waals surface area contributed by atoms with Crippen molar-refractivity contribution < 1.29 is 18.3 Å². The fourth-order valence-corrected chi connectivity index (χ4v) is 1.27. The van der Waals surface area contributed by atoms with Gasteiger partial charge in [0.15, 0.2) is 0 Å². The molecule has 1 radical (unpaired) electrons. The lowest BCUT2D eigenvalue weighted by atomic mass is 10.2. The van der Waals surface area contributed by atoms with Crippen molar-refractivity contribution in [2.45, 2.75) is 4.90 Å². The molecule has 1 aromatic carbocycles. The summed E-state index contributed by atoms with van der Waals surface area (Å²) in [4.78, 5) is 10.2. The van der Waals surface area contributed by atoms with Crippen molar-refractivity contribution in [3.05, 3.63) is 29.8 Å². The number of nitrogens with one attached hydrogen (secondary N) is 1. The van der Waals surface area contributed by atoms with E-state index in [1.165, 1.54) is 0 Å². The van der Waals surface area contributed by atoms with Crippen molar-refractivity contribution >= 4 is 16.0 Å². The average molecular weight is 200 g/mol. The fraction of sp³-hybridized carbons (Fsp3) is 0. The zero-order chi connectivity index (χ0) is 10.1. The lowest BCUT2D eigenvalue weighted by Crippen LogP contribution is -2.02. The second-order valence-corrected chi connectivity index (χ2v) is 3.81. The van der Waals surface area contributed by atoms with Crippen LogP contribution < -0.4 is 5.14 Å². The lowest BCUT2D eigenvalue weighted by molar-refractivity contribution is 0.0697. The molecule has 1 rings (SSSR count). The maximum Gasteiger partial charge on any atom is 0.335 e. The predicted octanol–water partition coefficient (Wildman–Crippen LogP) is 0.356. The Balaban J connectivity index is 3.16. The molecule has 0 saturated heterocycles. The average Bonchev–Trinajstić information content (AvgIpc) is 2.03. The summed E-state index contributed by atoms with van der Waals surface area (Å²) in [5.74, 6) is -1.13. The van der Waals surface area contributed by atoms with Gasteiger partial charge in [0.25, 0.3) is 10.0 Å². The van der Waals surface area contributed by atoms with Gasteiger partial charge in [0.05, 0.1) is 10.5 Å². The first-order valence-electron chi connectivity index (χ1n) is 3.24. The summed E-state index contributed by atoms with van der Waals surface area (Å²) in [6, 6.07) is 4.46. The molecule has 0 aliphatic heterocycles. The van der Waals surface area contributed by atoms with E-state index in [9.17, 15) is 13.2 Å². The highest BCUT2D eigenvalue weighted by Gasteiger charge is 2.09. The summed E-state index contributed by atoms with van der Waals surface area (Å²) in [6.45, 7) is 0. The van der Waals surface area contributed by atoms with Crippen LogP contribution in [0, 0.1) is 0 Å². The van der Waals surface area contributed by atoms with E-state index in [0.29, 0.717) is 0 Å². The monoisotopic (exact) mass is 200 g/mol. The number of carboxylic acids is 1. The molecule has 0 heterocycles. The normalized spacial score (nSPS) is 11.2. The van der Waals surface area contributed by atoms with Gasteiger partial charge in [-0.05, 0) is 24.3 Å². The Kier molecular flexibility index (Phi) is 2.35. The van der Waals surface area contributed by atoms with E-state index in [1.54, 1.807) is 0 Å². The highest BCUT2D eigenvalue weighted by Crippen LogP contribution is 2.09. The molecule has 6 heteroatoms. The molecule has 0 spiro atoms. The first-order chi connectivity index (χ1) is 5.91. The van der Waals surface area contributed by atoms with Gasteiger partial charge in [-0.25, -0.2) is 13.2 Å². The van der Waals surface area contributed by atoms with Crippen molar-refractivity contribution in [3.8, 4) is 0 Å². The minimum Gasteiger partial charge on any atom is -0.478 e. The minimum absolute atomic E-state index is 0.00704. The number of carbonyl (C=O) groups is 1. The standard InChI is InChI=1S/C7H6NO4S/c8-13(11,12)6-3-1-5(2-4-6)7(9)10/h1-4,8H,(H,9,10). The number of benzene rings is 1. The van der Waals surface area contributed by atoms with Gasteiger partial charge in [-0.15, -0.1) is 5.14 Å². The van der Waals surface area contributed by atoms with E-state index in [4.69, 9.17) is 10.2 Å². The fourth-order valence-electron chi connectivity index (χ4n) is 0.777. The minimum atomic E-state index is -3.99. The third kappa shape index (κ3) is 2.27. The molecular weight excluding hydrogens is 194 g/mol. The second kappa shape index (κ2) is 3.15. The van der Waals surface area contributed by atoms with Crippen LogP contribution >= 0.6 is 0 Å². The van der Waals surface area contributed by atoms with Crippen LogP contribution in [-0.2, 0) is 10.0 Å². The van der Waals surface area contributed by atoms with Gasteiger partial charge in [0.2, 0.25) is 0 Å². The molecule has 0 fully saturated rings. The van der Waals surface area contributed by atoms with Gasteiger partial charge >= 0.3 is 5.97 Å². The zero-order valence-electron chi connectivity index (χ0n) is 6.39. The Morgan fingerprint density at radius 3 is 2.00 bits per heavy atom. The molecule has 0 bridgehead atoms. The van der Waals surface area contributed by atoms with Gasteiger partial charge in [0, 0.05) is 0 Å². The highest BCUT2D eigenvalue weighted by molar-refractivity contribution is 7.88. The highest BCUT2D eigenvalue weighted by atomic mass is 32.2. The Bertz CT molecular complexity index is 420. The quantitative estimate of drug-likeness (QED) is 0.745. The van der Waals surface area contributed by atoms with Crippen LogP contribution in [0.15, 0.2) is 29.2 Å². The Morgan fingerprint density at radius 2 is 1.69 bits per heavy atom. The van der Waals surface area contributed by atoms with Crippen LogP contribution in [0.25, 0.3) is 0 Å². The van der Waals surface area contributed by atoms with Gasteiger partial charge in [-0.3, -0.25) is 0 Å². The van der Waals surface area contributed by atoms with E-state index in [-0.39, 0.29) is 10.5 Å². The van der Waals surface area contributed by atoms with E-state index in [0.717, 1.165) is 24.3 Å². The maximum atomic E-state index is 10.6. The molecule has 69 valence electrons. The molecule has 2 N–H and O–H groups in total. The molecule has 1 aromatic rings. The van der Waals surface area contributed by atoms with Crippen LogP contribution in [0.5, 0.6) is 0 Å². The van der Waals surface area contributed by atoms with Gasteiger partial charge < -0.3 is 5.11 Å². The summed E-state index contributed by atoms with van der Waals surface area (Å²) >= 11 is 0. The van der Waals surface area contributed by atoms with Crippen molar-refractivity contribution in [2.24, 2.45) is 0 Å². The zero-order valence-corrected chi connectivity index (χ0v) is 7.21. The van der Waals surface area contributed by atoms with Gasteiger partial charge in [-0.2, -0.15) is 0 Å². The first-order valence-corrected chi connectivity index (χ1v) is 4.72. The van der Waals surface area contributed by atoms with Crippen LogP contribution in [0.2, 0.25) is 0 Å². The molecule has 0 aromatic heterocycles. The van der Waals surface area contributed by atoms with E-state index >= 15 is 0 Å². The topological polar surface area (TPSA) is 95.2 Å². The van der Waals surface area contributed by atoms with Crippen LogP contribution in [0.3, 0.4) is 0 Å². The molecular formula is C7H6NO4S. The van der Waals surface area contributed by atoms with Gasteiger partial charge in [0.1, 0.15) is 0 Å². The lowest BCUT2D eigenvalue weighted by Gasteiger charge is -1.96. The molecule has 0 aliphatic rings. The molecule has 0 aliphatic carbocycles. The maximum absolute atomic E-state index is 10.6. The second-order valence-electron chi connectivity index (χ2n) is 2.33. The van der Waals surface area contributed by atoms with Crippen molar-refractivity contribution in [1.29, 1.82) is 0 Å². The largest absolute Gasteiger partial charge is 0.478 e. The number of hydrogen-bond donors (Lipinski definition) is 1. The van der Waals surface area contributed by atoms with Crippen molar-refractivity contribution in [2.75, 3.05) is 0 Å².